The highest BCUT2D eigenvalue weighted by Gasteiger charge is 2.38. The van der Waals surface area contributed by atoms with Crippen LogP contribution in [0.15, 0.2) is 18.2 Å². The van der Waals surface area contributed by atoms with Gasteiger partial charge in [0.2, 0.25) is 5.82 Å². The van der Waals surface area contributed by atoms with Gasteiger partial charge < -0.3 is 19.7 Å². The number of carboxylic acids is 1. The molecule has 0 fully saturated rings. The van der Waals surface area contributed by atoms with Crippen molar-refractivity contribution in [2.24, 2.45) is 0 Å². The van der Waals surface area contributed by atoms with E-state index in [-0.39, 0.29) is 23.1 Å². The molecule has 26 heavy (non-hydrogen) atoms. The molecule has 142 valence electrons. The molecule has 2 N–H and O–H groups in total. The van der Waals surface area contributed by atoms with Crippen LogP contribution in [0.1, 0.15) is 36.1 Å². The number of halogens is 3. The predicted molar refractivity (Wildman–Crippen MR) is 85.9 cm³/mol. The van der Waals surface area contributed by atoms with Crippen LogP contribution in [-0.2, 0) is 15.7 Å². The van der Waals surface area contributed by atoms with Crippen LogP contribution in [0.25, 0.3) is 11.0 Å². The Hall–Kier alpha value is -2.62. The van der Waals surface area contributed by atoms with Crippen molar-refractivity contribution in [1.29, 1.82) is 0 Å². The number of nitrogens with one attached hydrogen (secondary N) is 1. The Balaban J connectivity index is 2.34. The van der Waals surface area contributed by atoms with Gasteiger partial charge in [-0.25, -0.2) is 9.78 Å². The number of carboxylic acid groups (broad SMARTS) is 1. The Morgan fingerprint density at radius 2 is 2.00 bits per heavy atom. The van der Waals surface area contributed by atoms with Gasteiger partial charge in [0, 0.05) is 18.7 Å². The second kappa shape index (κ2) is 7.32. The number of carbonyl (C=O) groups excluding carboxylic acids is 1. The van der Waals surface area contributed by atoms with Crippen molar-refractivity contribution in [2.45, 2.75) is 32.2 Å². The van der Waals surface area contributed by atoms with Gasteiger partial charge in [0.05, 0.1) is 17.6 Å². The van der Waals surface area contributed by atoms with Crippen molar-refractivity contribution in [3.05, 3.63) is 29.6 Å². The van der Waals surface area contributed by atoms with E-state index in [1.807, 2.05) is 0 Å². The zero-order valence-corrected chi connectivity index (χ0v) is 14.3. The number of benzene rings is 1. The SMILES string of the molecule is COC(CNC(=O)c1ccc2c(c1)nc(C(F)(F)F)n2C(C)C)C(=O)O. The number of hydrogen-bond acceptors (Lipinski definition) is 4. The Morgan fingerprint density at radius 3 is 2.50 bits per heavy atom. The van der Waals surface area contributed by atoms with Gasteiger partial charge in [-0.3, -0.25) is 4.79 Å². The quantitative estimate of drug-likeness (QED) is 0.811. The molecule has 2 aromatic rings. The molecule has 0 bridgehead atoms. The lowest BCUT2D eigenvalue weighted by atomic mass is 10.1. The van der Waals surface area contributed by atoms with E-state index in [0.29, 0.717) is 0 Å². The standard InChI is InChI=1S/C16H18F3N3O4/c1-8(2)22-11-5-4-9(6-10(11)21-15(22)16(17,18)19)13(23)20-7-12(26-3)14(24)25/h4-6,8,12H,7H2,1-3H3,(H,20,23)(H,24,25). The normalized spacial score (nSPS) is 13.2. The molecular formula is C16H18F3N3O4. The maximum atomic E-state index is 13.2. The number of aliphatic carboxylic acids is 1. The second-order valence-corrected chi connectivity index (χ2v) is 5.87. The van der Waals surface area contributed by atoms with E-state index in [0.717, 1.165) is 4.57 Å². The van der Waals surface area contributed by atoms with Gasteiger partial charge in [0.25, 0.3) is 5.91 Å². The van der Waals surface area contributed by atoms with Crippen LogP contribution in [0.2, 0.25) is 0 Å². The molecule has 0 spiro atoms. The Labute approximate surface area is 146 Å². The first-order valence-electron chi connectivity index (χ1n) is 7.69. The van der Waals surface area contributed by atoms with E-state index in [4.69, 9.17) is 9.84 Å². The van der Waals surface area contributed by atoms with Crippen molar-refractivity contribution in [2.75, 3.05) is 13.7 Å². The first-order valence-corrected chi connectivity index (χ1v) is 7.69. The molecule has 0 radical (unpaired) electrons. The van der Waals surface area contributed by atoms with Crippen molar-refractivity contribution in [3.8, 4) is 0 Å². The maximum absolute atomic E-state index is 13.2. The van der Waals surface area contributed by atoms with E-state index < -0.39 is 36.0 Å². The van der Waals surface area contributed by atoms with Crippen LogP contribution < -0.4 is 5.32 Å². The minimum atomic E-state index is -4.63. The number of nitrogens with zero attached hydrogens (tertiary/aromatic N) is 2. The van der Waals surface area contributed by atoms with Crippen LogP contribution in [0.5, 0.6) is 0 Å². The van der Waals surface area contributed by atoms with Gasteiger partial charge in [-0.15, -0.1) is 0 Å². The highest BCUT2D eigenvalue weighted by atomic mass is 19.4. The largest absolute Gasteiger partial charge is 0.479 e. The number of rotatable bonds is 6. The van der Waals surface area contributed by atoms with Gasteiger partial charge in [-0.1, -0.05) is 0 Å². The molecule has 1 heterocycles. The maximum Gasteiger partial charge on any atom is 0.449 e. The minimum absolute atomic E-state index is 0.0280. The summed E-state index contributed by atoms with van der Waals surface area (Å²) in [5, 5.41) is 11.2. The van der Waals surface area contributed by atoms with E-state index >= 15 is 0 Å². The zero-order valence-electron chi connectivity index (χ0n) is 14.3. The summed E-state index contributed by atoms with van der Waals surface area (Å²) in [6.45, 7) is 2.93. The van der Waals surface area contributed by atoms with Gasteiger partial charge >= 0.3 is 12.1 Å². The van der Waals surface area contributed by atoms with Gasteiger partial charge in [-0.2, -0.15) is 13.2 Å². The molecule has 7 nitrogen and oxygen atoms in total. The number of methoxy groups -OCH3 is 1. The number of imidazole rings is 1. The number of carbonyl (C=O) groups is 2. The van der Waals surface area contributed by atoms with Crippen molar-refractivity contribution >= 4 is 22.9 Å². The van der Waals surface area contributed by atoms with E-state index in [1.165, 1.54) is 25.3 Å². The minimum Gasteiger partial charge on any atom is -0.479 e. The molecule has 0 aliphatic carbocycles. The van der Waals surface area contributed by atoms with E-state index in [2.05, 4.69) is 10.3 Å². The monoisotopic (exact) mass is 373 g/mol. The van der Waals surface area contributed by atoms with Crippen molar-refractivity contribution in [1.82, 2.24) is 14.9 Å². The average molecular weight is 373 g/mol. The highest BCUT2D eigenvalue weighted by Crippen LogP contribution is 2.33. The summed E-state index contributed by atoms with van der Waals surface area (Å²) >= 11 is 0. The summed E-state index contributed by atoms with van der Waals surface area (Å²) in [4.78, 5) is 26.6. The number of ether oxygens (including phenoxy) is 1. The fraction of sp³-hybridized carbons (Fsp3) is 0.438. The molecule has 1 atom stereocenters. The third-order valence-electron chi connectivity index (χ3n) is 3.73. The van der Waals surface area contributed by atoms with E-state index in [1.54, 1.807) is 13.8 Å². The topological polar surface area (TPSA) is 93.5 Å². The summed E-state index contributed by atoms with van der Waals surface area (Å²) in [6, 6.07) is 3.51. The van der Waals surface area contributed by atoms with Crippen LogP contribution >= 0.6 is 0 Å². The first-order chi connectivity index (χ1) is 12.1. The molecule has 1 unspecified atom stereocenters. The van der Waals surface area contributed by atoms with Gasteiger partial charge in [0.1, 0.15) is 0 Å². The lowest BCUT2D eigenvalue weighted by Gasteiger charge is -2.14. The van der Waals surface area contributed by atoms with Crippen LogP contribution in [0.3, 0.4) is 0 Å². The molecule has 0 saturated carbocycles. The average Bonchev–Trinajstić information content (AvgIpc) is 2.93. The summed E-state index contributed by atoms with van der Waals surface area (Å²) in [5.74, 6) is -2.91. The number of amides is 1. The molecule has 2 rings (SSSR count). The zero-order chi connectivity index (χ0) is 19.6. The summed E-state index contributed by atoms with van der Waals surface area (Å²) < 4.78 is 45.3. The van der Waals surface area contributed by atoms with Gasteiger partial charge in [0.15, 0.2) is 6.10 Å². The van der Waals surface area contributed by atoms with Crippen LogP contribution in [-0.4, -0.2) is 46.3 Å². The lowest BCUT2D eigenvalue weighted by Crippen LogP contribution is -2.37. The first kappa shape index (κ1) is 19.7. The molecule has 1 aromatic carbocycles. The number of hydrogen-bond donors (Lipinski definition) is 2. The molecule has 0 saturated heterocycles. The second-order valence-electron chi connectivity index (χ2n) is 5.87. The van der Waals surface area contributed by atoms with Crippen LogP contribution in [0.4, 0.5) is 13.2 Å². The highest BCUT2D eigenvalue weighted by molar-refractivity contribution is 5.97. The third kappa shape index (κ3) is 3.96. The molecule has 0 aliphatic rings. The number of fused-ring (bicyclic) bond motifs is 1. The predicted octanol–water partition coefficient (Wildman–Crippen LogP) is 2.47. The van der Waals surface area contributed by atoms with E-state index in [9.17, 15) is 22.8 Å². The number of aromatic nitrogens is 2. The van der Waals surface area contributed by atoms with Crippen LogP contribution in [0, 0.1) is 0 Å². The molecule has 10 heteroatoms. The smallest absolute Gasteiger partial charge is 0.449 e. The molecule has 1 aromatic heterocycles. The fourth-order valence-electron chi connectivity index (χ4n) is 2.52. The van der Waals surface area contributed by atoms with Crippen molar-refractivity contribution in [3.63, 3.8) is 0 Å². The molecule has 0 aliphatic heterocycles. The summed E-state index contributed by atoms with van der Waals surface area (Å²) in [7, 11) is 1.19. The lowest BCUT2D eigenvalue weighted by molar-refractivity contribution is -0.148. The van der Waals surface area contributed by atoms with Gasteiger partial charge in [-0.05, 0) is 32.0 Å². The summed E-state index contributed by atoms with van der Waals surface area (Å²) in [6.07, 6.45) is -5.85. The summed E-state index contributed by atoms with van der Waals surface area (Å²) in [5.41, 5.74) is 0.351. The Bertz CT molecular complexity index is 830. The Morgan fingerprint density at radius 1 is 1.35 bits per heavy atom. The Kier molecular flexibility index (Phi) is 5.55. The fourth-order valence-corrected chi connectivity index (χ4v) is 2.52. The molecular weight excluding hydrogens is 355 g/mol. The molecule has 1 amide bonds. The van der Waals surface area contributed by atoms with Crippen molar-refractivity contribution < 1.29 is 32.6 Å². The third-order valence-corrected chi connectivity index (χ3v) is 3.73. The number of alkyl halides is 3.